The number of ether oxygens (including phenoxy) is 1. The fourth-order valence-corrected chi connectivity index (χ4v) is 2.02. The Hall–Kier alpha value is -1.10. The Kier molecular flexibility index (Phi) is 3.68. The van der Waals surface area contributed by atoms with Crippen LogP contribution in [0.5, 0.6) is 0 Å². The molecule has 0 aliphatic heterocycles. The Morgan fingerprint density at radius 1 is 1.67 bits per heavy atom. The Morgan fingerprint density at radius 2 is 2.33 bits per heavy atom. The number of thiazole rings is 1. The summed E-state index contributed by atoms with van der Waals surface area (Å²) in [5, 5.41) is 2.41. The summed E-state index contributed by atoms with van der Waals surface area (Å²) in [5.41, 5.74) is 6.08. The molecule has 15 heavy (non-hydrogen) atoms. The van der Waals surface area contributed by atoms with Crippen LogP contribution in [-0.4, -0.2) is 17.6 Å². The first-order chi connectivity index (χ1) is 6.95. The monoisotopic (exact) mass is 228 g/mol. The molecule has 0 unspecified atom stereocenters. The lowest BCUT2D eigenvalue weighted by molar-refractivity contribution is -0.144. The summed E-state index contributed by atoms with van der Waals surface area (Å²) >= 11 is 1.39. The van der Waals surface area contributed by atoms with Gasteiger partial charge in [-0.15, -0.1) is 11.3 Å². The van der Waals surface area contributed by atoms with E-state index in [2.05, 4.69) is 4.98 Å². The highest BCUT2D eigenvalue weighted by atomic mass is 32.1. The van der Waals surface area contributed by atoms with E-state index in [0.29, 0.717) is 18.2 Å². The molecule has 0 radical (unpaired) electrons. The summed E-state index contributed by atoms with van der Waals surface area (Å²) in [6, 6.07) is 0. The quantitative estimate of drug-likeness (QED) is 0.800. The van der Waals surface area contributed by atoms with Crippen LogP contribution < -0.4 is 5.73 Å². The van der Waals surface area contributed by atoms with Crippen molar-refractivity contribution in [3.8, 4) is 0 Å². The molecule has 4 nitrogen and oxygen atoms in total. The topological polar surface area (TPSA) is 65.2 Å². The van der Waals surface area contributed by atoms with Crippen LogP contribution in [0.4, 0.5) is 5.13 Å². The summed E-state index contributed by atoms with van der Waals surface area (Å²) in [4.78, 5) is 15.5. The highest BCUT2D eigenvalue weighted by Gasteiger charge is 2.27. The van der Waals surface area contributed by atoms with E-state index in [-0.39, 0.29) is 11.4 Å². The normalized spacial score (nSPS) is 11.4. The molecular weight excluding hydrogens is 212 g/mol. The number of esters is 1. The van der Waals surface area contributed by atoms with Crippen molar-refractivity contribution in [3.05, 3.63) is 11.1 Å². The SMILES string of the molecule is CCOC(=O)CC(C)(C)c1csc(N)n1. The average molecular weight is 228 g/mol. The zero-order valence-corrected chi connectivity index (χ0v) is 10.1. The number of nitrogens with two attached hydrogens (primary N) is 1. The molecule has 2 N–H and O–H groups in total. The number of carbonyl (C=O) groups excluding carboxylic acids is 1. The van der Waals surface area contributed by atoms with Crippen molar-refractivity contribution in [2.75, 3.05) is 12.3 Å². The molecule has 0 amide bonds. The van der Waals surface area contributed by atoms with E-state index < -0.39 is 0 Å². The Labute approximate surface area is 93.5 Å². The van der Waals surface area contributed by atoms with Gasteiger partial charge in [-0.25, -0.2) is 4.98 Å². The number of anilines is 1. The zero-order valence-electron chi connectivity index (χ0n) is 9.24. The van der Waals surface area contributed by atoms with Gasteiger partial charge in [-0.3, -0.25) is 4.79 Å². The summed E-state index contributed by atoms with van der Waals surface area (Å²) in [5.74, 6) is -0.200. The highest BCUT2D eigenvalue weighted by Crippen LogP contribution is 2.29. The van der Waals surface area contributed by atoms with E-state index in [1.165, 1.54) is 11.3 Å². The van der Waals surface area contributed by atoms with Crippen molar-refractivity contribution in [3.63, 3.8) is 0 Å². The molecule has 0 bridgehead atoms. The van der Waals surface area contributed by atoms with E-state index in [4.69, 9.17) is 10.5 Å². The lowest BCUT2D eigenvalue weighted by Gasteiger charge is -2.20. The predicted molar refractivity (Wildman–Crippen MR) is 60.8 cm³/mol. The summed E-state index contributed by atoms with van der Waals surface area (Å²) in [6.45, 7) is 6.12. The van der Waals surface area contributed by atoms with Gasteiger partial charge >= 0.3 is 5.97 Å². The van der Waals surface area contributed by atoms with Gasteiger partial charge in [-0.1, -0.05) is 13.8 Å². The smallest absolute Gasteiger partial charge is 0.306 e. The summed E-state index contributed by atoms with van der Waals surface area (Å²) < 4.78 is 4.91. The van der Waals surface area contributed by atoms with Crippen molar-refractivity contribution in [1.82, 2.24) is 4.98 Å². The van der Waals surface area contributed by atoms with Gasteiger partial charge in [0.05, 0.1) is 18.7 Å². The van der Waals surface area contributed by atoms with Crippen LogP contribution in [0, 0.1) is 0 Å². The Bertz CT molecular complexity index is 347. The maximum absolute atomic E-state index is 11.4. The maximum atomic E-state index is 11.4. The number of rotatable bonds is 4. The molecule has 5 heteroatoms. The molecular formula is C10H16N2O2S. The molecule has 0 aliphatic carbocycles. The molecule has 1 aromatic heterocycles. The summed E-state index contributed by atoms with van der Waals surface area (Å²) in [7, 11) is 0. The molecule has 0 atom stereocenters. The predicted octanol–water partition coefficient (Wildman–Crippen LogP) is 1.96. The van der Waals surface area contributed by atoms with E-state index in [1.54, 1.807) is 6.92 Å². The largest absolute Gasteiger partial charge is 0.466 e. The molecule has 1 aromatic rings. The minimum atomic E-state index is -0.319. The number of aromatic nitrogens is 1. The third-order valence-electron chi connectivity index (χ3n) is 2.11. The number of hydrogen-bond donors (Lipinski definition) is 1. The second-order valence-electron chi connectivity index (χ2n) is 3.94. The molecule has 0 aliphatic rings. The Morgan fingerprint density at radius 3 is 2.80 bits per heavy atom. The molecule has 0 fully saturated rings. The van der Waals surface area contributed by atoms with Gasteiger partial charge in [-0.05, 0) is 6.92 Å². The zero-order chi connectivity index (χ0) is 11.5. The fraction of sp³-hybridized carbons (Fsp3) is 0.600. The highest BCUT2D eigenvalue weighted by molar-refractivity contribution is 7.13. The molecule has 84 valence electrons. The number of nitrogen functional groups attached to an aromatic ring is 1. The second kappa shape index (κ2) is 4.61. The van der Waals surface area contributed by atoms with Crippen LogP contribution in [0.2, 0.25) is 0 Å². The Balaban J connectivity index is 2.70. The van der Waals surface area contributed by atoms with Crippen LogP contribution in [0.3, 0.4) is 0 Å². The van der Waals surface area contributed by atoms with Gasteiger partial charge in [-0.2, -0.15) is 0 Å². The van der Waals surface area contributed by atoms with Gasteiger partial charge in [0.1, 0.15) is 0 Å². The third-order valence-corrected chi connectivity index (χ3v) is 2.78. The van der Waals surface area contributed by atoms with Crippen LogP contribution in [0.1, 0.15) is 32.9 Å². The first-order valence-electron chi connectivity index (χ1n) is 4.83. The number of carbonyl (C=O) groups is 1. The van der Waals surface area contributed by atoms with E-state index >= 15 is 0 Å². The van der Waals surface area contributed by atoms with Gasteiger partial charge in [0, 0.05) is 10.8 Å². The van der Waals surface area contributed by atoms with Crippen molar-refractivity contribution in [2.45, 2.75) is 32.6 Å². The van der Waals surface area contributed by atoms with Crippen LogP contribution >= 0.6 is 11.3 Å². The third kappa shape index (κ3) is 3.20. The minimum Gasteiger partial charge on any atom is -0.466 e. The van der Waals surface area contributed by atoms with Crippen molar-refractivity contribution >= 4 is 22.4 Å². The van der Waals surface area contributed by atoms with Gasteiger partial charge in [0.2, 0.25) is 0 Å². The van der Waals surface area contributed by atoms with E-state index in [9.17, 15) is 4.79 Å². The van der Waals surface area contributed by atoms with Crippen molar-refractivity contribution in [1.29, 1.82) is 0 Å². The van der Waals surface area contributed by atoms with Gasteiger partial charge in [0.15, 0.2) is 5.13 Å². The molecule has 0 saturated carbocycles. The lowest BCUT2D eigenvalue weighted by Crippen LogP contribution is -2.23. The molecule has 0 spiro atoms. The molecule has 1 rings (SSSR count). The first-order valence-corrected chi connectivity index (χ1v) is 5.71. The van der Waals surface area contributed by atoms with E-state index in [1.807, 2.05) is 19.2 Å². The van der Waals surface area contributed by atoms with Crippen LogP contribution in [0.25, 0.3) is 0 Å². The van der Waals surface area contributed by atoms with Gasteiger partial charge < -0.3 is 10.5 Å². The second-order valence-corrected chi connectivity index (χ2v) is 4.83. The van der Waals surface area contributed by atoms with Crippen LogP contribution in [0.15, 0.2) is 5.38 Å². The first kappa shape index (κ1) is 12.0. The summed E-state index contributed by atoms with van der Waals surface area (Å²) in [6.07, 6.45) is 0.323. The standard InChI is InChI=1S/C10H16N2O2S/c1-4-14-8(13)5-10(2,3)7-6-15-9(11)12-7/h6H,4-5H2,1-3H3,(H2,11,12). The molecule has 0 saturated heterocycles. The molecule has 1 heterocycles. The average Bonchev–Trinajstić information content (AvgIpc) is 2.51. The van der Waals surface area contributed by atoms with E-state index in [0.717, 1.165) is 5.69 Å². The van der Waals surface area contributed by atoms with Crippen LogP contribution in [-0.2, 0) is 14.9 Å². The van der Waals surface area contributed by atoms with Crippen molar-refractivity contribution < 1.29 is 9.53 Å². The fourth-order valence-electron chi connectivity index (χ4n) is 1.26. The minimum absolute atomic E-state index is 0.200. The molecule has 0 aromatic carbocycles. The maximum Gasteiger partial charge on any atom is 0.306 e. The van der Waals surface area contributed by atoms with Crippen molar-refractivity contribution in [2.24, 2.45) is 0 Å². The van der Waals surface area contributed by atoms with Gasteiger partial charge in [0.25, 0.3) is 0 Å². The number of nitrogens with zero attached hydrogens (tertiary/aromatic N) is 1. The lowest BCUT2D eigenvalue weighted by atomic mass is 9.86. The number of hydrogen-bond acceptors (Lipinski definition) is 5.